The second-order valence-electron chi connectivity index (χ2n) is 9.82. The molecule has 0 saturated carbocycles. The number of carbonyl (C=O) groups is 2. The monoisotopic (exact) mass is 540 g/mol. The van der Waals surface area contributed by atoms with Crippen LogP contribution in [0.1, 0.15) is 48.3 Å². The van der Waals surface area contributed by atoms with Gasteiger partial charge in [-0.25, -0.2) is 13.8 Å². The molecule has 1 aromatic heterocycles. The van der Waals surface area contributed by atoms with E-state index in [0.29, 0.717) is 33.9 Å². The molecule has 1 amide bonds. The van der Waals surface area contributed by atoms with Crippen LogP contribution < -0.4 is 19.9 Å². The predicted octanol–water partition coefficient (Wildman–Crippen LogP) is 4.25. The third kappa shape index (κ3) is 5.56. The van der Waals surface area contributed by atoms with Crippen molar-refractivity contribution in [1.29, 1.82) is 0 Å². The molecule has 0 radical (unpaired) electrons. The van der Waals surface area contributed by atoms with Crippen molar-refractivity contribution >= 4 is 11.7 Å². The van der Waals surface area contributed by atoms with Gasteiger partial charge in [0.05, 0.1) is 12.8 Å². The Balaban J connectivity index is 1.64. The van der Waals surface area contributed by atoms with Crippen molar-refractivity contribution in [1.82, 2.24) is 4.98 Å². The quantitative estimate of drug-likeness (QED) is 0.349. The van der Waals surface area contributed by atoms with Crippen LogP contribution in [0.2, 0.25) is 0 Å². The highest BCUT2D eigenvalue weighted by molar-refractivity contribution is 5.96. The Kier molecular flexibility index (Phi) is 7.87. The molecule has 2 heterocycles. The minimum Gasteiger partial charge on any atom is -0.493 e. The molecule has 1 aliphatic heterocycles. The summed E-state index contributed by atoms with van der Waals surface area (Å²) in [5, 5.41) is 11.5. The number of fused-ring (bicyclic) bond motifs is 1. The van der Waals surface area contributed by atoms with E-state index < -0.39 is 29.4 Å². The largest absolute Gasteiger partial charge is 0.493 e. The summed E-state index contributed by atoms with van der Waals surface area (Å²) in [7, 11) is 1.42. The van der Waals surface area contributed by atoms with Crippen molar-refractivity contribution in [3.05, 3.63) is 71.2 Å². The van der Waals surface area contributed by atoms with E-state index in [-0.39, 0.29) is 43.3 Å². The lowest BCUT2D eigenvalue weighted by atomic mass is 9.81. The molecule has 206 valence electrons. The zero-order chi connectivity index (χ0) is 28.4. The van der Waals surface area contributed by atoms with E-state index in [4.69, 9.17) is 19.9 Å². The Morgan fingerprint density at radius 3 is 2.54 bits per heavy atom. The number of pyridine rings is 1. The lowest BCUT2D eigenvalue weighted by Gasteiger charge is -2.26. The van der Waals surface area contributed by atoms with Gasteiger partial charge in [-0.15, -0.1) is 0 Å². The number of benzene rings is 2. The van der Waals surface area contributed by atoms with Gasteiger partial charge in [-0.05, 0) is 68.8 Å². The van der Waals surface area contributed by atoms with Gasteiger partial charge in [-0.3, -0.25) is 9.59 Å². The van der Waals surface area contributed by atoms with Gasteiger partial charge in [0.1, 0.15) is 48.2 Å². The Labute approximate surface area is 224 Å². The number of ether oxygens (including phenoxy) is 3. The number of rotatable bonds is 11. The maximum absolute atomic E-state index is 13.6. The third-order valence-electron chi connectivity index (χ3n) is 6.95. The minimum atomic E-state index is -1.59. The number of methoxy groups -OCH3 is 1. The van der Waals surface area contributed by atoms with Crippen LogP contribution in [-0.4, -0.2) is 48.8 Å². The second kappa shape index (κ2) is 11.0. The Morgan fingerprint density at radius 2 is 1.90 bits per heavy atom. The number of nitrogens with two attached hydrogens (primary N) is 1. The zero-order valence-corrected chi connectivity index (χ0v) is 21.9. The van der Waals surface area contributed by atoms with Gasteiger partial charge in [-0.1, -0.05) is 0 Å². The number of aliphatic hydroxyl groups is 1. The van der Waals surface area contributed by atoms with Crippen molar-refractivity contribution in [2.24, 2.45) is 5.73 Å². The van der Waals surface area contributed by atoms with Crippen LogP contribution in [0.5, 0.6) is 17.2 Å². The summed E-state index contributed by atoms with van der Waals surface area (Å²) < 4.78 is 42.5. The van der Waals surface area contributed by atoms with E-state index in [9.17, 15) is 23.5 Å². The highest BCUT2D eigenvalue weighted by Gasteiger charge is 2.45. The van der Waals surface area contributed by atoms with E-state index >= 15 is 0 Å². The summed E-state index contributed by atoms with van der Waals surface area (Å²) in [6.07, 6.45) is -0.0495. The molecule has 10 heteroatoms. The number of aromatic nitrogens is 1. The number of primary amides is 1. The number of hydrogen-bond donors (Lipinski definition) is 2. The topological polar surface area (TPSA) is 121 Å². The summed E-state index contributed by atoms with van der Waals surface area (Å²) in [4.78, 5) is 30.0. The number of halogens is 2. The van der Waals surface area contributed by atoms with E-state index in [1.165, 1.54) is 50.4 Å². The summed E-state index contributed by atoms with van der Waals surface area (Å²) in [5.74, 6) is -0.369. The maximum atomic E-state index is 13.6. The van der Waals surface area contributed by atoms with E-state index in [0.717, 1.165) is 0 Å². The summed E-state index contributed by atoms with van der Waals surface area (Å²) >= 11 is 0. The third-order valence-corrected chi connectivity index (χ3v) is 6.95. The van der Waals surface area contributed by atoms with Gasteiger partial charge in [0, 0.05) is 23.1 Å². The first kappa shape index (κ1) is 28.0. The van der Waals surface area contributed by atoms with Crippen LogP contribution in [0.15, 0.2) is 48.5 Å². The van der Waals surface area contributed by atoms with E-state index in [1.807, 2.05) is 0 Å². The minimum absolute atomic E-state index is 0.00294. The number of carbonyl (C=O) groups excluding carboxylic acids is 2. The second-order valence-corrected chi connectivity index (χ2v) is 9.82. The fourth-order valence-electron chi connectivity index (χ4n) is 4.40. The highest BCUT2D eigenvalue weighted by Crippen LogP contribution is 2.46. The van der Waals surface area contributed by atoms with Crippen LogP contribution in [0.4, 0.5) is 8.78 Å². The van der Waals surface area contributed by atoms with Crippen LogP contribution in [-0.2, 0) is 15.8 Å². The Hall–Kier alpha value is -4.05. The molecule has 0 saturated heterocycles. The van der Waals surface area contributed by atoms with E-state index in [1.54, 1.807) is 19.1 Å². The molecule has 39 heavy (non-hydrogen) atoms. The van der Waals surface area contributed by atoms with Crippen molar-refractivity contribution in [3.63, 3.8) is 0 Å². The standard InChI is InChI=1S/C29H30F2N2O6/c1-28(27(32)35)16-39-26-20(28)15-24(33-25(26)17-4-7-19(31)8-5-17)29(2,36)11-10-21(34)18-6-9-22(38-13-12-30)23(14-18)37-3/h4-9,14-15,36H,10-13,16H2,1-3H3,(H2,32,35)/t28-,29-/m0/s1. The van der Waals surface area contributed by atoms with Crippen LogP contribution in [0, 0.1) is 5.82 Å². The first-order chi connectivity index (χ1) is 18.5. The van der Waals surface area contributed by atoms with Crippen LogP contribution >= 0.6 is 0 Å². The van der Waals surface area contributed by atoms with Gasteiger partial charge in [0.15, 0.2) is 17.3 Å². The molecular weight excluding hydrogens is 510 g/mol. The molecule has 0 aliphatic carbocycles. The Bertz CT molecular complexity index is 1390. The molecule has 0 spiro atoms. The fourth-order valence-corrected chi connectivity index (χ4v) is 4.40. The van der Waals surface area contributed by atoms with Crippen molar-refractivity contribution in [3.8, 4) is 28.5 Å². The van der Waals surface area contributed by atoms with Crippen molar-refractivity contribution < 1.29 is 37.7 Å². The molecule has 3 N–H and O–H groups in total. The molecular formula is C29H30F2N2O6. The van der Waals surface area contributed by atoms with Gasteiger partial charge >= 0.3 is 0 Å². The summed E-state index contributed by atoms with van der Waals surface area (Å²) in [6, 6.07) is 11.7. The molecule has 0 unspecified atom stereocenters. The van der Waals surface area contributed by atoms with Crippen molar-refractivity contribution in [2.75, 3.05) is 27.0 Å². The highest BCUT2D eigenvalue weighted by atomic mass is 19.1. The molecule has 0 fully saturated rings. The first-order valence-corrected chi connectivity index (χ1v) is 12.4. The maximum Gasteiger partial charge on any atom is 0.231 e. The lowest BCUT2D eigenvalue weighted by Crippen LogP contribution is -2.40. The molecule has 8 nitrogen and oxygen atoms in total. The van der Waals surface area contributed by atoms with Gasteiger partial charge in [0.25, 0.3) is 0 Å². The average molecular weight is 541 g/mol. The summed E-state index contributed by atoms with van der Waals surface area (Å²) in [6.45, 7) is 2.36. The van der Waals surface area contributed by atoms with Gasteiger partial charge in [0.2, 0.25) is 5.91 Å². The number of Topliss-reactive ketones (excluding diaryl/α,β-unsaturated/α-hetero) is 1. The number of ketones is 1. The molecule has 1 aliphatic rings. The molecule has 3 aromatic rings. The molecule has 4 rings (SSSR count). The number of alkyl halides is 1. The van der Waals surface area contributed by atoms with Crippen LogP contribution in [0.25, 0.3) is 11.3 Å². The Morgan fingerprint density at radius 1 is 1.18 bits per heavy atom. The molecule has 2 aromatic carbocycles. The number of amides is 1. The molecule has 2 atom stereocenters. The van der Waals surface area contributed by atoms with Gasteiger partial charge in [-0.2, -0.15) is 0 Å². The van der Waals surface area contributed by atoms with Gasteiger partial charge < -0.3 is 25.1 Å². The summed E-state index contributed by atoms with van der Waals surface area (Å²) in [5.41, 5.74) is 4.80. The lowest BCUT2D eigenvalue weighted by molar-refractivity contribution is -0.123. The smallest absolute Gasteiger partial charge is 0.231 e. The number of nitrogens with zero attached hydrogens (tertiary/aromatic N) is 1. The molecule has 0 bridgehead atoms. The van der Waals surface area contributed by atoms with Crippen molar-refractivity contribution in [2.45, 2.75) is 37.7 Å². The predicted molar refractivity (Wildman–Crippen MR) is 139 cm³/mol. The fraction of sp³-hybridized carbons (Fsp3) is 0.345. The van der Waals surface area contributed by atoms with Crippen LogP contribution in [0.3, 0.4) is 0 Å². The number of hydrogen-bond acceptors (Lipinski definition) is 7. The SMILES string of the molecule is COc1cc(C(=O)CC[C@](C)(O)c2cc3c(c(-c4ccc(F)cc4)n2)OC[C@]3(C)C(N)=O)ccc1OCCF. The zero-order valence-electron chi connectivity index (χ0n) is 21.9. The van der Waals surface area contributed by atoms with E-state index in [2.05, 4.69) is 4.98 Å². The first-order valence-electron chi connectivity index (χ1n) is 12.4. The normalized spacial score (nSPS) is 17.6. The average Bonchev–Trinajstić information content (AvgIpc) is 3.28.